The van der Waals surface area contributed by atoms with Gasteiger partial charge in [0, 0.05) is 36.3 Å². The van der Waals surface area contributed by atoms with Gasteiger partial charge in [-0.3, -0.25) is 4.79 Å². The predicted molar refractivity (Wildman–Crippen MR) is 120 cm³/mol. The SMILES string of the molecule is CS(=O)(=O)c1ccc(Oc2ccc(C(=O)NCc3ccc(S(C)(=O)=O)cc3Cl)cn2)cc1. The molecule has 0 aliphatic heterocycles. The summed E-state index contributed by atoms with van der Waals surface area (Å²) in [5.74, 6) is 0.229. The molecule has 0 atom stereocenters. The van der Waals surface area contributed by atoms with Crippen LogP contribution in [0.1, 0.15) is 15.9 Å². The fourth-order valence-corrected chi connectivity index (χ4v) is 4.22. The maximum absolute atomic E-state index is 12.4. The molecule has 3 rings (SSSR count). The van der Waals surface area contributed by atoms with Crippen molar-refractivity contribution in [1.82, 2.24) is 10.3 Å². The first-order valence-corrected chi connectivity index (χ1v) is 13.3. The van der Waals surface area contributed by atoms with Gasteiger partial charge in [0.25, 0.3) is 5.91 Å². The zero-order valence-corrected chi connectivity index (χ0v) is 19.5. The quantitative estimate of drug-likeness (QED) is 0.535. The maximum Gasteiger partial charge on any atom is 0.253 e. The van der Waals surface area contributed by atoms with Gasteiger partial charge in [-0.2, -0.15) is 0 Å². The smallest absolute Gasteiger partial charge is 0.253 e. The molecule has 11 heteroatoms. The Morgan fingerprint density at radius 3 is 2.09 bits per heavy atom. The largest absolute Gasteiger partial charge is 0.439 e. The molecule has 3 aromatic rings. The first-order chi connectivity index (χ1) is 14.9. The number of aromatic nitrogens is 1. The second kappa shape index (κ2) is 9.27. The van der Waals surface area contributed by atoms with Gasteiger partial charge in [-0.15, -0.1) is 0 Å². The third-order valence-corrected chi connectivity index (χ3v) is 6.96. The number of hydrogen-bond acceptors (Lipinski definition) is 7. The number of ether oxygens (including phenoxy) is 1. The molecule has 0 spiro atoms. The van der Waals surface area contributed by atoms with Gasteiger partial charge in [-0.25, -0.2) is 21.8 Å². The molecule has 1 heterocycles. The Labute approximate surface area is 191 Å². The number of rotatable bonds is 7. The third-order valence-electron chi connectivity index (χ3n) is 4.36. The number of halogens is 1. The molecule has 0 bridgehead atoms. The molecule has 0 saturated carbocycles. The summed E-state index contributed by atoms with van der Waals surface area (Å²) < 4.78 is 51.7. The van der Waals surface area contributed by atoms with Crippen molar-refractivity contribution < 1.29 is 26.4 Å². The van der Waals surface area contributed by atoms with Crippen LogP contribution in [0.3, 0.4) is 0 Å². The highest BCUT2D eigenvalue weighted by Gasteiger charge is 2.12. The third kappa shape index (κ3) is 6.06. The summed E-state index contributed by atoms with van der Waals surface area (Å²) in [5.41, 5.74) is 0.853. The van der Waals surface area contributed by atoms with Crippen molar-refractivity contribution in [3.05, 3.63) is 76.9 Å². The highest BCUT2D eigenvalue weighted by atomic mass is 35.5. The van der Waals surface area contributed by atoms with Crippen LogP contribution < -0.4 is 10.1 Å². The monoisotopic (exact) mass is 494 g/mol. The van der Waals surface area contributed by atoms with Crippen LogP contribution >= 0.6 is 11.6 Å². The summed E-state index contributed by atoms with van der Waals surface area (Å²) in [6.45, 7) is 0.104. The maximum atomic E-state index is 12.4. The van der Waals surface area contributed by atoms with Gasteiger partial charge in [0.05, 0.1) is 15.4 Å². The minimum atomic E-state index is -3.37. The van der Waals surface area contributed by atoms with E-state index in [1.165, 1.54) is 54.7 Å². The Kier molecular flexibility index (Phi) is 6.87. The summed E-state index contributed by atoms with van der Waals surface area (Å²) in [5, 5.41) is 2.93. The molecule has 0 unspecified atom stereocenters. The molecule has 2 aromatic carbocycles. The summed E-state index contributed by atoms with van der Waals surface area (Å²) in [7, 11) is -6.67. The van der Waals surface area contributed by atoms with E-state index in [9.17, 15) is 21.6 Å². The number of hydrogen-bond donors (Lipinski definition) is 1. The molecule has 8 nitrogen and oxygen atoms in total. The lowest BCUT2D eigenvalue weighted by Crippen LogP contribution is -2.23. The van der Waals surface area contributed by atoms with Crippen LogP contribution in [0.15, 0.2) is 70.6 Å². The second-order valence-electron chi connectivity index (χ2n) is 6.94. The minimum absolute atomic E-state index is 0.100. The van der Waals surface area contributed by atoms with E-state index in [0.29, 0.717) is 11.3 Å². The zero-order chi connectivity index (χ0) is 23.5. The van der Waals surface area contributed by atoms with E-state index >= 15 is 0 Å². The fraction of sp³-hybridized carbons (Fsp3) is 0.143. The lowest BCUT2D eigenvalue weighted by Gasteiger charge is -2.09. The summed E-state index contributed by atoms with van der Waals surface area (Å²) >= 11 is 6.12. The van der Waals surface area contributed by atoms with E-state index in [1.54, 1.807) is 6.07 Å². The van der Waals surface area contributed by atoms with Crippen LogP contribution in [-0.4, -0.2) is 40.2 Å². The molecule has 0 aliphatic rings. The van der Waals surface area contributed by atoms with Crippen LogP contribution in [0, 0.1) is 0 Å². The Morgan fingerprint density at radius 1 is 0.938 bits per heavy atom. The Bertz CT molecular complexity index is 1350. The van der Waals surface area contributed by atoms with Crippen LogP contribution in [0.2, 0.25) is 5.02 Å². The molecule has 1 amide bonds. The summed E-state index contributed by atoms with van der Waals surface area (Å²) in [6, 6.07) is 13.2. The van der Waals surface area contributed by atoms with Gasteiger partial charge in [-0.1, -0.05) is 17.7 Å². The first kappa shape index (κ1) is 23.7. The normalized spacial score (nSPS) is 11.7. The van der Waals surface area contributed by atoms with Gasteiger partial charge in [0.1, 0.15) is 5.75 Å². The van der Waals surface area contributed by atoms with Gasteiger partial charge < -0.3 is 10.1 Å². The number of sulfone groups is 2. The predicted octanol–water partition coefficient (Wildman–Crippen LogP) is 3.26. The molecule has 1 aromatic heterocycles. The van der Waals surface area contributed by atoms with Crippen molar-refractivity contribution in [2.45, 2.75) is 16.3 Å². The van der Waals surface area contributed by atoms with E-state index in [4.69, 9.17) is 16.3 Å². The van der Waals surface area contributed by atoms with Crippen LogP contribution in [-0.2, 0) is 26.2 Å². The van der Waals surface area contributed by atoms with Crippen molar-refractivity contribution in [3.8, 4) is 11.6 Å². The van der Waals surface area contributed by atoms with E-state index in [-0.39, 0.29) is 32.8 Å². The molecule has 0 fully saturated rings. The fourth-order valence-electron chi connectivity index (χ4n) is 2.63. The average Bonchev–Trinajstić information content (AvgIpc) is 2.72. The van der Waals surface area contributed by atoms with Crippen LogP contribution in [0.5, 0.6) is 11.6 Å². The number of pyridine rings is 1. The second-order valence-corrected chi connectivity index (χ2v) is 11.4. The summed E-state index contributed by atoms with van der Waals surface area (Å²) in [4.78, 5) is 16.7. The number of carbonyl (C=O) groups excluding carboxylic acids is 1. The Morgan fingerprint density at radius 2 is 1.56 bits per heavy atom. The molecular weight excluding hydrogens is 476 g/mol. The van der Waals surface area contributed by atoms with E-state index in [1.807, 2.05) is 0 Å². The Balaban J connectivity index is 1.62. The molecular formula is C21H19ClN2O6S2. The molecule has 1 N–H and O–H groups in total. The van der Waals surface area contributed by atoms with Gasteiger partial charge in [-0.05, 0) is 48.0 Å². The first-order valence-electron chi connectivity index (χ1n) is 9.14. The van der Waals surface area contributed by atoms with E-state index in [2.05, 4.69) is 10.3 Å². The van der Waals surface area contributed by atoms with Crippen molar-refractivity contribution in [1.29, 1.82) is 0 Å². The lowest BCUT2D eigenvalue weighted by molar-refractivity contribution is 0.0950. The molecule has 0 saturated heterocycles. The minimum Gasteiger partial charge on any atom is -0.439 e. The molecule has 32 heavy (non-hydrogen) atoms. The number of amides is 1. The van der Waals surface area contributed by atoms with Crippen molar-refractivity contribution in [2.24, 2.45) is 0 Å². The zero-order valence-electron chi connectivity index (χ0n) is 17.1. The topological polar surface area (TPSA) is 119 Å². The van der Waals surface area contributed by atoms with Crippen LogP contribution in [0.4, 0.5) is 0 Å². The van der Waals surface area contributed by atoms with Gasteiger partial charge in [0.15, 0.2) is 19.7 Å². The highest BCUT2D eigenvalue weighted by molar-refractivity contribution is 7.91. The van der Waals surface area contributed by atoms with Crippen molar-refractivity contribution in [2.75, 3.05) is 12.5 Å². The van der Waals surface area contributed by atoms with Gasteiger partial charge >= 0.3 is 0 Å². The van der Waals surface area contributed by atoms with E-state index < -0.39 is 25.6 Å². The molecule has 0 aliphatic carbocycles. The molecule has 0 radical (unpaired) electrons. The number of nitrogens with zero attached hydrogens (tertiary/aromatic N) is 1. The van der Waals surface area contributed by atoms with Crippen molar-refractivity contribution >= 4 is 37.2 Å². The molecule has 168 valence electrons. The van der Waals surface area contributed by atoms with Crippen molar-refractivity contribution in [3.63, 3.8) is 0 Å². The number of carbonyl (C=O) groups is 1. The van der Waals surface area contributed by atoms with Gasteiger partial charge in [0.2, 0.25) is 5.88 Å². The standard InChI is InChI=1S/C21H19ClN2O6S2/c1-31(26,27)17-8-5-16(6-9-17)30-20-10-4-15(13-23-20)21(25)24-12-14-3-7-18(11-19(14)22)32(2,28)29/h3-11,13H,12H2,1-2H3,(H,24,25). The lowest BCUT2D eigenvalue weighted by atomic mass is 10.2. The average molecular weight is 495 g/mol. The number of benzene rings is 2. The Hall–Kier alpha value is -2.95. The summed E-state index contributed by atoms with van der Waals surface area (Å²) in [6.07, 6.45) is 3.54. The van der Waals surface area contributed by atoms with E-state index in [0.717, 1.165) is 12.5 Å². The number of nitrogens with one attached hydrogen (secondary N) is 1. The van der Waals surface area contributed by atoms with Crippen LogP contribution in [0.25, 0.3) is 0 Å². The highest BCUT2D eigenvalue weighted by Crippen LogP contribution is 2.22.